The first-order valence-electron chi connectivity index (χ1n) is 9.60. The summed E-state index contributed by atoms with van der Waals surface area (Å²) in [5, 5.41) is 0. The number of pyridine rings is 1. The molecule has 1 amide bonds. The molecule has 1 aromatic heterocycles. The highest BCUT2D eigenvalue weighted by atomic mass is 16.6. The van der Waals surface area contributed by atoms with Crippen LogP contribution in [0.2, 0.25) is 0 Å². The molecule has 150 valence electrons. The van der Waals surface area contributed by atoms with E-state index in [4.69, 9.17) is 14.2 Å². The van der Waals surface area contributed by atoms with Gasteiger partial charge in [0.05, 0.1) is 7.11 Å². The van der Waals surface area contributed by atoms with Crippen molar-refractivity contribution in [2.24, 2.45) is 0 Å². The Kier molecular flexibility index (Phi) is 6.07. The Bertz CT molecular complexity index is 808. The first-order chi connectivity index (χ1) is 13.4. The van der Waals surface area contributed by atoms with Gasteiger partial charge in [0.25, 0.3) is 0 Å². The lowest BCUT2D eigenvalue weighted by Gasteiger charge is -2.33. The van der Waals surface area contributed by atoms with Crippen molar-refractivity contribution in [3.63, 3.8) is 0 Å². The number of ether oxygens (including phenoxy) is 3. The van der Waals surface area contributed by atoms with Gasteiger partial charge < -0.3 is 19.1 Å². The van der Waals surface area contributed by atoms with Crippen molar-refractivity contribution in [1.82, 2.24) is 9.88 Å². The molecule has 0 atom stereocenters. The fraction of sp³-hybridized carbons (Fsp3) is 0.455. The molecule has 6 heteroatoms. The molecule has 1 aliphatic heterocycles. The van der Waals surface area contributed by atoms with Gasteiger partial charge in [0.15, 0.2) is 0 Å². The van der Waals surface area contributed by atoms with Gasteiger partial charge in [-0.2, -0.15) is 0 Å². The van der Waals surface area contributed by atoms with E-state index in [9.17, 15) is 4.79 Å². The predicted molar refractivity (Wildman–Crippen MR) is 108 cm³/mol. The van der Waals surface area contributed by atoms with Gasteiger partial charge >= 0.3 is 6.09 Å². The molecule has 2 heterocycles. The van der Waals surface area contributed by atoms with Gasteiger partial charge in [-0.3, -0.25) is 0 Å². The number of methoxy groups -OCH3 is 1. The van der Waals surface area contributed by atoms with E-state index < -0.39 is 5.60 Å². The SMILES string of the molecule is COc1ccccc1-c1ccnc(OC2CCN(C(=O)OC(C)(C)C)CC2)c1. The second-order valence-corrected chi connectivity index (χ2v) is 7.87. The maximum absolute atomic E-state index is 12.2. The Balaban J connectivity index is 1.61. The Morgan fingerprint density at radius 3 is 2.54 bits per heavy atom. The molecule has 1 aliphatic rings. The molecule has 6 nitrogen and oxygen atoms in total. The minimum absolute atomic E-state index is 0.0269. The average Bonchev–Trinajstić information content (AvgIpc) is 2.67. The number of rotatable bonds is 4. The number of hydrogen-bond acceptors (Lipinski definition) is 5. The highest BCUT2D eigenvalue weighted by Gasteiger charge is 2.27. The van der Waals surface area contributed by atoms with Crippen molar-refractivity contribution in [3.8, 4) is 22.8 Å². The van der Waals surface area contributed by atoms with E-state index in [0.717, 1.165) is 29.7 Å². The zero-order chi connectivity index (χ0) is 20.1. The number of nitrogens with zero attached hydrogens (tertiary/aromatic N) is 2. The number of benzene rings is 1. The van der Waals surface area contributed by atoms with Gasteiger partial charge in [-0.15, -0.1) is 0 Å². The van der Waals surface area contributed by atoms with Crippen LogP contribution >= 0.6 is 0 Å². The summed E-state index contributed by atoms with van der Waals surface area (Å²) < 4.78 is 17.0. The minimum atomic E-state index is -0.479. The predicted octanol–water partition coefficient (Wildman–Crippen LogP) is 4.54. The lowest BCUT2D eigenvalue weighted by Crippen LogP contribution is -2.44. The summed E-state index contributed by atoms with van der Waals surface area (Å²) in [5.74, 6) is 1.39. The average molecular weight is 384 g/mol. The number of carbonyl (C=O) groups excluding carboxylic acids is 1. The summed E-state index contributed by atoms with van der Waals surface area (Å²) in [7, 11) is 1.66. The quantitative estimate of drug-likeness (QED) is 0.775. The van der Waals surface area contributed by atoms with Crippen LogP contribution in [0.5, 0.6) is 11.6 Å². The summed E-state index contributed by atoms with van der Waals surface area (Å²) in [6.07, 6.45) is 3.01. The molecule has 0 spiro atoms. The zero-order valence-electron chi connectivity index (χ0n) is 17.0. The number of piperidine rings is 1. The summed E-state index contributed by atoms with van der Waals surface area (Å²) in [5.41, 5.74) is 1.51. The number of para-hydroxylation sites is 1. The number of amides is 1. The molecule has 3 rings (SSSR count). The molecule has 1 saturated heterocycles. The summed E-state index contributed by atoms with van der Waals surface area (Å²) in [4.78, 5) is 18.3. The van der Waals surface area contributed by atoms with E-state index in [1.54, 1.807) is 18.2 Å². The normalized spacial score (nSPS) is 15.2. The fourth-order valence-corrected chi connectivity index (χ4v) is 3.18. The van der Waals surface area contributed by atoms with Crippen molar-refractivity contribution in [3.05, 3.63) is 42.6 Å². The van der Waals surface area contributed by atoms with Crippen LogP contribution in [0.4, 0.5) is 4.79 Å². The summed E-state index contributed by atoms with van der Waals surface area (Å²) in [6.45, 7) is 6.86. The second-order valence-electron chi connectivity index (χ2n) is 7.87. The number of aromatic nitrogens is 1. The van der Waals surface area contributed by atoms with E-state index >= 15 is 0 Å². The molecule has 0 saturated carbocycles. The molecule has 0 N–H and O–H groups in total. The number of carbonyl (C=O) groups is 1. The summed E-state index contributed by atoms with van der Waals surface area (Å²) in [6, 6.07) is 11.7. The van der Waals surface area contributed by atoms with Crippen molar-refractivity contribution < 1.29 is 19.0 Å². The molecule has 1 fully saturated rings. The Morgan fingerprint density at radius 2 is 1.86 bits per heavy atom. The second kappa shape index (κ2) is 8.50. The van der Waals surface area contributed by atoms with E-state index in [2.05, 4.69) is 4.98 Å². The van der Waals surface area contributed by atoms with Crippen molar-refractivity contribution in [1.29, 1.82) is 0 Å². The lowest BCUT2D eigenvalue weighted by atomic mass is 10.1. The van der Waals surface area contributed by atoms with E-state index in [0.29, 0.717) is 19.0 Å². The van der Waals surface area contributed by atoms with Crippen LogP contribution in [-0.4, -0.2) is 47.9 Å². The van der Waals surface area contributed by atoms with Gasteiger partial charge in [-0.1, -0.05) is 18.2 Å². The highest BCUT2D eigenvalue weighted by Crippen LogP contribution is 2.31. The van der Waals surface area contributed by atoms with Crippen LogP contribution in [0.15, 0.2) is 42.6 Å². The topological polar surface area (TPSA) is 60.9 Å². The zero-order valence-corrected chi connectivity index (χ0v) is 17.0. The van der Waals surface area contributed by atoms with E-state index in [1.807, 2.05) is 57.2 Å². The molecule has 0 bridgehead atoms. The van der Waals surface area contributed by atoms with E-state index in [1.165, 1.54) is 0 Å². The van der Waals surface area contributed by atoms with Crippen LogP contribution in [0.25, 0.3) is 11.1 Å². The molecule has 0 aliphatic carbocycles. The smallest absolute Gasteiger partial charge is 0.410 e. The van der Waals surface area contributed by atoms with Gasteiger partial charge in [0.2, 0.25) is 5.88 Å². The van der Waals surface area contributed by atoms with Gasteiger partial charge in [0, 0.05) is 43.8 Å². The van der Waals surface area contributed by atoms with E-state index in [-0.39, 0.29) is 12.2 Å². The van der Waals surface area contributed by atoms with Gasteiger partial charge in [-0.25, -0.2) is 9.78 Å². The third kappa shape index (κ3) is 5.15. The Hall–Kier alpha value is -2.76. The first kappa shape index (κ1) is 20.0. The van der Waals surface area contributed by atoms with Crippen LogP contribution in [0.3, 0.4) is 0 Å². The largest absolute Gasteiger partial charge is 0.496 e. The molecule has 1 aromatic carbocycles. The molecule has 0 unspecified atom stereocenters. The number of likely N-dealkylation sites (tertiary alicyclic amines) is 1. The Morgan fingerprint density at radius 1 is 1.14 bits per heavy atom. The summed E-state index contributed by atoms with van der Waals surface area (Å²) >= 11 is 0. The lowest BCUT2D eigenvalue weighted by molar-refractivity contribution is 0.0123. The number of hydrogen-bond donors (Lipinski definition) is 0. The van der Waals surface area contributed by atoms with Gasteiger partial charge in [0.1, 0.15) is 17.5 Å². The maximum Gasteiger partial charge on any atom is 0.410 e. The first-order valence-corrected chi connectivity index (χ1v) is 9.60. The maximum atomic E-state index is 12.2. The van der Waals surface area contributed by atoms with Crippen LogP contribution in [0.1, 0.15) is 33.6 Å². The van der Waals surface area contributed by atoms with Crippen LogP contribution in [0, 0.1) is 0 Å². The molecular weight excluding hydrogens is 356 g/mol. The highest BCUT2D eigenvalue weighted by molar-refractivity contribution is 5.70. The third-order valence-electron chi connectivity index (χ3n) is 4.53. The van der Waals surface area contributed by atoms with Crippen molar-refractivity contribution in [2.75, 3.05) is 20.2 Å². The monoisotopic (exact) mass is 384 g/mol. The van der Waals surface area contributed by atoms with Crippen LogP contribution < -0.4 is 9.47 Å². The third-order valence-corrected chi connectivity index (χ3v) is 4.53. The molecule has 2 aromatic rings. The fourth-order valence-electron chi connectivity index (χ4n) is 3.18. The molecule has 28 heavy (non-hydrogen) atoms. The standard InChI is InChI=1S/C22H28N2O4/c1-22(2,3)28-21(25)24-13-10-17(11-14-24)27-20-15-16(9-12-23-20)18-7-5-6-8-19(18)26-4/h5-9,12,15,17H,10-11,13-14H2,1-4H3. The van der Waals surface area contributed by atoms with Gasteiger partial charge in [-0.05, 0) is 38.5 Å². The van der Waals surface area contributed by atoms with Crippen molar-refractivity contribution in [2.45, 2.75) is 45.3 Å². The van der Waals surface area contributed by atoms with Crippen molar-refractivity contribution >= 4 is 6.09 Å². The molecule has 0 radical (unpaired) electrons. The van der Waals surface area contributed by atoms with Crippen LogP contribution in [-0.2, 0) is 4.74 Å². The molecular formula is C22H28N2O4. The Labute approximate surface area is 166 Å². The minimum Gasteiger partial charge on any atom is -0.496 e.